The molecular formula is C21H27NO5. The van der Waals surface area contributed by atoms with Crippen LogP contribution >= 0.6 is 0 Å². The number of nitrogens with zero attached hydrogens (tertiary/aromatic N) is 1. The molecule has 27 heavy (non-hydrogen) atoms. The Hall–Kier alpha value is -2.60. The highest BCUT2D eigenvalue weighted by Crippen LogP contribution is 2.47. The fourth-order valence-corrected chi connectivity index (χ4v) is 3.82. The van der Waals surface area contributed by atoms with E-state index in [4.69, 9.17) is 23.7 Å². The quantitative estimate of drug-likeness (QED) is 0.774. The molecule has 0 saturated carbocycles. The van der Waals surface area contributed by atoms with Crippen LogP contribution in [0.5, 0.6) is 28.7 Å². The molecule has 2 aromatic carbocycles. The van der Waals surface area contributed by atoms with Gasteiger partial charge in [-0.3, -0.25) is 4.90 Å². The van der Waals surface area contributed by atoms with E-state index in [0.717, 1.165) is 30.0 Å². The molecule has 0 spiro atoms. The van der Waals surface area contributed by atoms with Gasteiger partial charge in [-0.05, 0) is 48.9 Å². The largest absolute Gasteiger partial charge is 0.493 e. The van der Waals surface area contributed by atoms with Crippen LogP contribution in [0.25, 0.3) is 0 Å². The molecule has 0 radical (unpaired) electrons. The third-order valence-corrected chi connectivity index (χ3v) is 5.14. The first kappa shape index (κ1) is 19.2. The lowest BCUT2D eigenvalue weighted by molar-refractivity contribution is 0.252. The zero-order valence-corrected chi connectivity index (χ0v) is 16.8. The normalized spacial score (nSPS) is 16.4. The van der Waals surface area contributed by atoms with Gasteiger partial charge in [0.15, 0.2) is 23.0 Å². The zero-order chi connectivity index (χ0) is 19.6. The molecule has 0 bridgehead atoms. The maximum Gasteiger partial charge on any atom is 0.203 e. The number of fused-ring (bicyclic) bond motifs is 1. The SMILES string of the molecule is COc1cc2c(cc1OC)C(c1ccc(OC)c(OC)c1OC)N(C)CC2. The molecule has 0 N–H and O–H groups in total. The second kappa shape index (κ2) is 7.96. The Labute approximate surface area is 160 Å². The highest BCUT2D eigenvalue weighted by atomic mass is 16.5. The Morgan fingerprint density at radius 1 is 0.741 bits per heavy atom. The van der Waals surface area contributed by atoms with Crippen molar-refractivity contribution in [1.29, 1.82) is 0 Å². The van der Waals surface area contributed by atoms with Gasteiger partial charge in [0.1, 0.15) is 0 Å². The van der Waals surface area contributed by atoms with Crippen molar-refractivity contribution in [2.24, 2.45) is 0 Å². The molecule has 0 amide bonds. The topological polar surface area (TPSA) is 49.4 Å². The molecule has 1 unspecified atom stereocenters. The van der Waals surface area contributed by atoms with Gasteiger partial charge in [0.25, 0.3) is 0 Å². The Morgan fingerprint density at radius 2 is 1.37 bits per heavy atom. The first-order chi connectivity index (χ1) is 13.1. The average Bonchev–Trinajstić information content (AvgIpc) is 2.71. The molecule has 6 nitrogen and oxygen atoms in total. The van der Waals surface area contributed by atoms with Crippen molar-refractivity contribution in [1.82, 2.24) is 4.90 Å². The molecule has 146 valence electrons. The van der Waals surface area contributed by atoms with Crippen molar-refractivity contribution in [2.75, 3.05) is 49.1 Å². The summed E-state index contributed by atoms with van der Waals surface area (Å²) in [4.78, 5) is 2.30. The van der Waals surface area contributed by atoms with Crippen LogP contribution in [0.2, 0.25) is 0 Å². The molecule has 0 aromatic heterocycles. The van der Waals surface area contributed by atoms with E-state index < -0.39 is 0 Å². The summed E-state index contributed by atoms with van der Waals surface area (Å²) in [5, 5.41) is 0. The molecule has 6 heteroatoms. The van der Waals surface area contributed by atoms with Crippen LogP contribution in [-0.2, 0) is 6.42 Å². The molecule has 0 saturated heterocycles. The molecule has 1 aliphatic heterocycles. The van der Waals surface area contributed by atoms with Crippen molar-refractivity contribution >= 4 is 0 Å². The number of rotatable bonds is 6. The second-order valence-corrected chi connectivity index (χ2v) is 6.46. The van der Waals surface area contributed by atoms with Gasteiger partial charge in [0, 0.05) is 12.1 Å². The van der Waals surface area contributed by atoms with E-state index in [-0.39, 0.29) is 6.04 Å². The van der Waals surface area contributed by atoms with Crippen LogP contribution in [0.1, 0.15) is 22.7 Å². The molecular weight excluding hydrogens is 346 g/mol. The van der Waals surface area contributed by atoms with Gasteiger partial charge in [-0.1, -0.05) is 0 Å². The smallest absolute Gasteiger partial charge is 0.203 e. The first-order valence-corrected chi connectivity index (χ1v) is 8.83. The highest BCUT2D eigenvalue weighted by Gasteiger charge is 2.32. The second-order valence-electron chi connectivity index (χ2n) is 6.46. The van der Waals surface area contributed by atoms with Gasteiger partial charge in [-0.25, -0.2) is 0 Å². The Morgan fingerprint density at radius 3 is 1.96 bits per heavy atom. The summed E-state index contributed by atoms with van der Waals surface area (Å²) in [6, 6.07) is 8.09. The van der Waals surface area contributed by atoms with Crippen LogP contribution in [0.3, 0.4) is 0 Å². The number of methoxy groups -OCH3 is 5. The zero-order valence-electron chi connectivity index (χ0n) is 16.8. The molecule has 0 fully saturated rings. The third-order valence-electron chi connectivity index (χ3n) is 5.14. The molecule has 3 rings (SSSR count). The summed E-state index contributed by atoms with van der Waals surface area (Å²) in [5.41, 5.74) is 3.44. The van der Waals surface area contributed by atoms with Gasteiger partial charge in [-0.2, -0.15) is 0 Å². The predicted molar refractivity (Wildman–Crippen MR) is 104 cm³/mol. The summed E-state index contributed by atoms with van der Waals surface area (Å²) < 4.78 is 27.8. The maximum atomic E-state index is 5.74. The number of benzene rings is 2. The van der Waals surface area contributed by atoms with E-state index in [1.165, 1.54) is 11.1 Å². The van der Waals surface area contributed by atoms with Crippen molar-refractivity contribution in [3.05, 3.63) is 41.0 Å². The Kier molecular flexibility index (Phi) is 5.65. The van der Waals surface area contributed by atoms with Gasteiger partial charge in [0.2, 0.25) is 5.75 Å². The monoisotopic (exact) mass is 373 g/mol. The van der Waals surface area contributed by atoms with Crippen molar-refractivity contribution in [3.8, 4) is 28.7 Å². The minimum absolute atomic E-state index is 0.00307. The summed E-state index contributed by atoms with van der Waals surface area (Å²) >= 11 is 0. The summed E-state index contributed by atoms with van der Waals surface area (Å²) in [6.45, 7) is 0.921. The average molecular weight is 373 g/mol. The third kappa shape index (κ3) is 3.25. The van der Waals surface area contributed by atoms with E-state index in [1.807, 2.05) is 12.1 Å². The van der Waals surface area contributed by atoms with Crippen molar-refractivity contribution < 1.29 is 23.7 Å². The fraction of sp³-hybridized carbons (Fsp3) is 0.429. The molecule has 1 atom stereocenters. The van der Waals surface area contributed by atoms with Crippen molar-refractivity contribution in [3.63, 3.8) is 0 Å². The van der Waals surface area contributed by atoms with Crippen LogP contribution in [0, 0.1) is 0 Å². The van der Waals surface area contributed by atoms with Gasteiger partial charge >= 0.3 is 0 Å². The van der Waals surface area contributed by atoms with Crippen LogP contribution in [-0.4, -0.2) is 54.0 Å². The highest BCUT2D eigenvalue weighted by molar-refractivity contribution is 5.60. The van der Waals surface area contributed by atoms with Crippen LogP contribution in [0.15, 0.2) is 24.3 Å². The Balaban J connectivity index is 2.21. The lowest BCUT2D eigenvalue weighted by Gasteiger charge is -2.36. The van der Waals surface area contributed by atoms with Crippen LogP contribution < -0.4 is 23.7 Å². The van der Waals surface area contributed by atoms with Gasteiger partial charge in [-0.15, -0.1) is 0 Å². The van der Waals surface area contributed by atoms with Crippen molar-refractivity contribution in [2.45, 2.75) is 12.5 Å². The number of likely N-dealkylation sites (N-methyl/N-ethyl adjacent to an activating group) is 1. The molecule has 0 aliphatic carbocycles. The molecule has 1 aliphatic rings. The number of hydrogen-bond donors (Lipinski definition) is 0. The van der Waals surface area contributed by atoms with Gasteiger partial charge in [0.05, 0.1) is 41.6 Å². The van der Waals surface area contributed by atoms with E-state index in [2.05, 4.69) is 24.1 Å². The molecule has 2 aromatic rings. The fourth-order valence-electron chi connectivity index (χ4n) is 3.82. The van der Waals surface area contributed by atoms with E-state index in [9.17, 15) is 0 Å². The minimum Gasteiger partial charge on any atom is -0.493 e. The lowest BCUT2D eigenvalue weighted by Crippen LogP contribution is -2.33. The lowest BCUT2D eigenvalue weighted by atomic mass is 9.87. The predicted octanol–water partition coefficient (Wildman–Crippen LogP) is 3.31. The summed E-state index contributed by atoms with van der Waals surface area (Å²) in [6.07, 6.45) is 0.943. The number of hydrogen-bond acceptors (Lipinski definition) is 6. The van der Waals surface area contributed by atoms with E-state index >= 15 is 0 Å². The van der Waals surface area contributed by atoms with Crippen LogP contribution in [0.4, 0.5) is 0 Å². The van der Waals surface area contributed by atoms with E-state index in [0.29, 0.717) is 17.2 Å². The summed E-state index contributed by atoms with van der Waals surface area (Å²) in [7, 11) is 10.3. The number of ether oxygens (including phenoxy) is 5. The van der Waals surface area contributed by atoms with Gasteiger partial charge < -0.3 is 23.7 Å². The Bertz CT molecular complexity index is 821. The summed E-state index contributed by atoms with van der Waals surface area (Å²) in [5.74, 6) is 3.38. The first-order valence-electron chi connectivity index (χ1n) is 8.83. The van der Waals surface area contributed by atoms with E-state index in [1.54, 1.807) is 35.5 Å². The minimum atomic E-state index is 0.00307. The maximum absolute atomic E-state index is 5.74. The molecule has 1 heterocycles. The standard InChI is InChI=1S/C21H27NO5/c1-22-10-9-13-11-17(24-3)18(25-4)12-15(13)19(22)14-7-8-16(23-2)21(27-6)20(14)26-5/h7-8,11-12,19H,9-10H2,1-6H3.